The minimum Gasteiger partial charge on any atom is -0.307 e. The zero-order valence-corrected chi connectivity index (χ0v) is 5.72. The maximum absolute atomic E-state index is 6.81. The fraction of sp³-hybridized carbons (Fsp3) is 0.429. The highest BCUT2D eigenvalue weighted by molar-refractivity contribution is 6.34. The van der Waals surface area contributed by atoms with Crippen molar-refractivity contribution in [3.05, 3.63) is 12.7 Å². The molecule has 0 saturated carbocycles. The van der Waals surface area contributed by atoms with Crippen LogP contribution >= 0.6 is 0 Å². The minimum atomic E-state index is 0.664. The molecule has 0 aromatic carbocycles. The number of nitrogens with zero attached hydrogens (tertiary/aromatic N) is 1. The summed E-state index contributed by atoms with van der Waals surface area (Å²) in [6.07, 6.45) is 3.82. The SMILES string of the molecule is C=CC(C=N)=NCCC. The molecule has 9 heavy (non-hydrogen) atoms. The van der Waals surface area contributed by atoms with Crippen LogP contribution in [-0.2, 0) is 0 Å². The molecule has 2 nitrogen and oxygen atoms in total. The normalized spacial score (nSPS) is 11.0. The third kappa shape index (κ3) is 3.64. The van der Waals surface area contributed by atoms with Crippen molar-refractivity contribution >= 4 is 11.9 Å². The third-order valence-electron chi connectivity index (χ3n) is 0.875. The van der Waals surface area contributed by atoms with Gasteiger partial charge in [0.2, 0.25) is 0 Å². The van der Waals surface area contributed by atoms with E-state index in [1.54, 1.807) is 6.08 Å². The second kappa shape index (κ2) is 5.22. The van der Waals surface area contributed by atoms with Gasteiger partial charge in [-0.15, -0.1) is 0 Å². The highest BCUT2D eigenvalue weighted by Crippen LogP contribution is 1.80. The van der Waals surface area contributed by atoms with Gasteiger partial charge in [-0.25, -0.2) is 0 Å². The Morgan fingerprint density at radius 3 is 2.78 bits per heavy atom. The number of nitrogens with one attached hydrogen (secondary N) is 1. The standard InChI is InChI=1S/C7H12N2/c1-3-5-9-7(4-2)6-8/h4,6,8H,2-3,5H2,1H3. The minimum absolute atomic E-state index is 0.664. The molecule has 0 rings (SSSR count). The number of hydrogen-bond donors (Lipinski definition) is 1. The van der Waals surface area contributed by atoms with E-state index < -0.39 is 0 Å². The molecule has 0 aliphatic rings. The Balaban J connectivity index is 3.75. The molecule has 0 fully saturated rings. The fourth-order valence-electron chi connectivity index (χ4n) is 0.410. The van der Waals surface area contributed by atoms with Crippen molar-refractivity contribution in [2.45, 2.75) is 13.3 Å². The van der Waals surface area contributed by atoms with Crippen molar-refractivity contribution in [1.82, 2.24) is 0 Å². The molecule has 0 spiro atoms. The lowest BCUT2D eigenvalue weighted by Gasteiger charge is -1.88. The summed E-state index contributed by atoms with van der Waals surface area (Å²) < 4.78 is 0. The smallest absolute Gasteiger partial charge is 0.0743 e. The van der Waals surface area contributed by atoms with E-state index in [1.165, 1.54) is 6.21 Å². The first-order valence-electron chi connectivity index (χ1n) is 3.02. The van der Waals surface area contributed by atoms with Gasteiger partial charge in [-0.1, -0.05) is 13.5 Å². The predicted octanol–water partition coefficient (Wildman–Crippen LogP) is 1.67. The summed E-state index contributed by atoms with van der Waals surface area (Å²) in [4.78, 5) is 4.03. The largest absolute Gasteiger partial charge is 0.307 e. The molecule has 1 N–H and O–H groups in total. The van der Waals surface area contributed by atoms with Gasteiger partial charge < -0.3 is 5.41 Å². The Labute approximate surface area is 55.8 Å². The van der Waals surface area contributed by atoms with Crippen LogP contribution in [0.25, 0.3) is 0 Å². The van der Waals surface area contributed by atoms with Gasteiger partial charge in [-0.2, -0.15) is 0 Å². The van der Waals surface area contributed by atoms with Crippen LogP contribution in [0.5, 0.6) is 0 Å². The molecule has 50 valence electrons. The van der Waals surface area contributed by atoms with Gasteiger partial charge in [0.25, 0.3) is 0 Å². The van der Waals surface area contributed by atoms with E-state index >= 15 is 0 Å². The molecule has 0 bridgehead atoms. The topological polar surface area (TPSA) is 36.2 Å². The van der Waals surface area contributed by atoms with Crippen LogP contribution in [0.3, 0.4) is 0 Å². The van der Waals surface area contributed by atoms with Gasteiger partial charge in [0.15, 0.2) is 0 Å². The molecule has 0 radical (unpaired) electrons. The van der Waals surface area contributed by atoms with Gasteiger partial charge in [0.1, 0.15) is 0 Å². The Hall–Kier alpha value is -0.920. The maximum atomic E-state index is 6.81. The summed E-state index contributed by atoms with van der Waals surface area (Å²) in [5.74, 6) is 0. The second-order valence-electron chi connectivity index (χ2n) is 1.66. The molecule has 0 atom stereocenters. The first kappa shape index (κ1) is 8.08. The van der Waals surface area contributed by atoms with Crippen molar-refractivity contribution in [1.29, 1.82) is 5.41 Å². The van der Waals surface area contributed by atoms with Crippen LogP contribution in [-0.4, -0.2) is 18.5 Å². The highest BCUT2D eigenvalue weighted by atomic mass is 14.7. The lowest BCUT2D eigenvalue weighted by molar-refractivity contribution is 0.935. The molecule has 0 heterocycles. The van der Waals surface area contributed by atoms with E-state index in [1.807, 2.05) is 6.92 Å². The van der Waals surface area contributed by atoms with Crippen molar-refractivity contribution in [3.63, 3.8) is 0 Å². The van der Waals surface area contributed by atoms with Crippen LogP contribution in [0.15, 0.2) is 17.6 Å². The van der Waals surface area contributed by atoms with Gasteiger partial charge in [0.05, 0.1) is 5.71 Å². The lowest BCUT2D eigenvalue weighted by Crippen LogP contribution is -1.94. The van der Waals surface area contributed by atoms with Crippen molar-refractivity contribution in [3.8, 4) is 0 Å². The van der Waals surface area contributed by atoms with E-state index in [0.29, 0.717) is 5.71 Å². The molecule has 0 saturated heterocycles. The van der Waals surface area contributed by atoms with E-state index in [-0.39, 0.29) is 0 Å². The summed E-state index contributed by atoms with van der Waals surface area (Å²) >= 11 is 0. The monoisotopic (exact) mass is 124 g/mol. The average Bonchev–Trinajstić information content (AvgIpc) is 1.91. The zero-order chi connectivity index (χ0) is 7.11. The highest BCUT2D eigenvalue weighted by Gasteiger charge is 1.81. The van der Waals surface area contributed by atoms with Crippen molar-refractivity contribution in [2.75, 3.05) is 6.54 Å². The molecule has 0 amide bonds. The maximum Gasteiger partial charge on any atom is 0.0743 e. The quantitative estimate of drug-likeness (QED) is 0.553. The molecule has 0 aromatic heterocycles. The molecule has 0 aliphatic carbocycles. The summed E-state index contributed by atoms with van der Waals surface area (Å²) in [6.45, 7) is 6.34. The predicted molar refractivity (Wildman–Crippen MR) is 41.6 cm³/mol. The van der Waals surface area contributed by atoms with Crippen LogP contribution < -0.4 is 0 Å². The van der Waals surface area contributed by atoms with E-state index in [2.05, 4.69) is 11.6 Å². The molecule has 0 aliphatic heterocycles. The Kier molecular flexibility index (Phi) is 4.69. The molecule has 2 heteroatoms. The first-order chi connectivity index (χ1) is 4.35. The van der Waals surface area contributed by atoms with Gasteiger partial charge in [0, 0.05) is 12.8 Å². The first-order valence-corrected chi connectivity index (χ1v) is 3.02. The summed E-state index contributed by atoms with van der Waals surface area (Å²) in [6, 6.07) is 0. The van der Waals surface area contributed by atoms with Crippen LogP contribution in [0.1, 0.15) is 13.3 Å². The Morgan fingerprint density at radius 2 is 2.44 bits per heavy atom. The molecular formula is C7H12N2. The number of allylic oxidation sites excluding steroid dienone is 1. The number of hydrogen-bond acceptors (Lipinski definition) is 2. The van der Waals surface area contributed by atoms with E-state index in [4.69, 9.17) is 5.41 Å². The van der Waals surface area contributed by atoms with Crippen LogP contribution in [0.4, 0.5) is 0 Å². The van der Waals surface area contributed by atoms with E-state index in [0.717, 1.165) is 13.0 Å². The van der Waals surface area contributed by atoms with Crippen molar-refractivity contribution in [2.24, 2.45) is 4.99 Å². The average molecular weight is 124 g/mol. The van der Waals surface area contributed by atoms with Crippen molar-refractivity contribution < 1.29 is 0 Å². The number of rotatable bonds is 4. The molecule has 0 aromatic rings. The summed E-state index contributed by atoms with van der Waals surface area (Å²) in [7, 11) is 0. The Morgan fingerprint density at radius 1 is 1.78 bits per heavy atom. The van der Waals surface area contributed by atoms with Gasteiger partial charge in [-0.3, -0.25) is 4.99 Å². The zero-order valence-electron chi connectivity index (χ0n) is 5.72. The summed E-state index contributed by atoms with van der Waals surface area (Å²) in [5, 5.41) is 6.81. The number of aliphatic imine (C=N–C) groups is 1. The Bertz CT molecular complexity index is 115. The third-order valence-corrected chi connectivity index (χ3v) is 0.875. The van der Waals surface area contributed by atoms with Gasteiger partial charge in [-0.05, 0) is 12.5 Å². The fourth-order valence-corrected chi connectivity index (χ4v) is 0.410. The van der Waals surface area contributed by atoms with Gasteiger partial charge >= 0.3 is 0 Å². The summed E-state index contributed by atoms with van der Waals surface area (Å²) in [5.41, 5.74) is 0.664. The van der Waals surface area contributed by atoms with E-state index in [9.17, 15) is 0 Å². The molecular weight excluding hydrogens is 112 g/mol. The van der Waals surface area contributed by atoms with Crippen LogP contribution in [0.2, 0.25) is 0 Å². The molecule has 0 unspecified atom stereocenters. The second-order valence-corrected chi connectivity index (χ2v) is 1.66. The lowest BCUT2D eigenvalue weighted by atomic mass is 10.4. The van der Waals surface area contributed by atoms with Crippen LogP contribution in [0, 0.1) is 5.41 Å².